The van der Waals surface area contributed by atoms with Gasteiger partial charge in [0.1, 0.15) is 0 Å². The summed E-state index contributed by atoms with van der Waals surface area (Å²) in [5.41, 5.74) is 1.15. The van der Waals surface area contributed by atoms with Crippen LogP contribution in [0.2, 0.25) is 0 Å². The zero-order chi connectivity index (χ0) is 14.4. The van der Waals surface area contributed by atoms with Crippen LogP contribution in [0.25, 0.3) is 0 Å². The molecule has 1 fully saturated rings. The summed E-state index contributed by atoms with van der Waals surface area (Å²) in [6.45, 7) is 9.27. The van der Waals surface area contributed by atoms with E-state index in [1.165, 1.54) is 0 Å². The summed E-state index contributed by atoms with van der Waals surface area (Å²) in [5.74, 6) is 0.320. The Morgan fingerprint density at radius 1 is 1.10 bits per heavy atom. The molecule has 0 N–H and O–H groups in total. The Kier molecular flexibility index (Phi) is 5.60. The van der Waals surface area contributed by atoms with Crippen LogP contribution in [0.5, 0.6) is 0 Å². The van der Waals surface area contributed by atoms with Crippen molar-refractivity contribution in [3.8, 4) is 0 Å². The van der Waals surface area contributed by atoms with Crippen molar-refractivity contribution in [3.63, 3.8) is 0 Å². The molecule has 1 atom stereocenters. The van der Waals surface area contributed by atoms with Gasteiger partial charge in [0.25, 0.3) is 0 Å². The highest BCUT2D eigenvalue weighted by Crippen LogP contribution is 2.22. The van der Waals surface area contributed by atoms with Crippen LogP contribution >= 0.6 is 0 Å². The number of benzene rings is 1. The molecule has 1 aromatic rings. The molecule has 3 heteroatoms. The fourth-order valence-electron chi connectivity index (χ4n) is 2.97. The maximum atomic E-state index is 12.8. The molecule has 0 spiro atoms. The normalized spacial score (nSPS) is 18.6. The Morgan fingerprint density at radius 2 is 1.85 bits per heavy atom. The van der Waals surface area contributed by atoms with Gasteiger partial charge in [-0.2, -0.15) is 0 Å². The van der Waals surface area contributed by atoms with Crippen molar-refractivity contribution in [2.75, 3.05) is 32.7 Å². The van der Waals surface area contributed by atoms with Gasteiger partial charge in [-0.3, -0.25) is 4.79 Å². The Balaban J connectivity index is 2.05. The first-order valence-electron chi connectivity index (χ1n) is 7.82. The summed E-state index contributed by atoms with van der Waals surface area (Å²) in [4.78, 5) is 17.3. The number of likely N-dealkylation sites (N-methyl/N-ethyl adjacent to an activating group) is 1. The molecule has 1 saturated heterocycles. The van der Waals surface area contributed by atoms with Gasteiger partial charge in [-0.25, -0.2) is 0 Å². The van der Waals surface area contributed by atoms with Crippen molar-refractivity contribution >= 4 is 5.91 Å². The van der Waals surface area contributed by atoms with Crippen LogP contribution in [0.1, 0.15) is 38.2 Å². The standard InChI is InChI=1S/C17H26N2O/c1-3-16(15-9-6-5-7-10-15)17(20)19-12-8-11-18(4-2)13-14-19/h5-7,9-10,16H,3-4,8,11-14H2,1-2H3. The summed E-state index contributed by atoms with van der Waals surface area (Å²) in [5, 5.41) is 0. The van der Waals surface area contributed by atoms with Crippen molar-refractivity contribution in [3.05, 3.63) is 35.9 Å². The number of rotatable bonds is 4. The summed E-state index contributed by atoms with van der Waals surface area (Å²) in [7, 11) is 0. The van der Waals surface area contributed by atoms with E-state index in [1.54, 1.807) is 0 Å². The molecule has 0 aromatic heterocycles. The van der Waals surface area contributed by atoms with Gasteiger partial charge < -0.3 is 9.80 Å². The van der Waals surface area contributed by atoms with E-state index in [9.17, 15) is 4.79 Å². The summed E-state index contributed by atoms with van der Waals surface area (Å²) in [6, 6.07) is 10.2. The number of amides is 1. The molecular weight excluding hydrogens is 248 g/mol. The molecule has 110 valence electrons. The number of nitrogens with zero attached hydrogens (tertiary/aromatic N) is 2. The van der Waals surface area contributed by atoms with E-state index in [2.05, 4.69) is 35.8 Å². The molecule has 2 rings (SSSR count). The van der Waals surface area contributed by atoms with E-state index in [0.29, 0.717) is 5.91 Å². The first kappa shape index (κ1) is 15.0. The minimum absolute atomic E-state index is 0.0179. The highest BCUT2D eigenvalue weighted by Gasteiger charge is 2.25. The summed E-state index contributed by atoms with van der Waals surface area (Å²) in [6.07, 6.45) is 1.96. The van der Waals surface area contributed by atoms with Crippen LogP contribution in [-0.2, 0) is 4.79 Å². The third-order valence-electron chi connectivity index (χ3n) is 4.26. The van der Waals surface area contributed by atoms with E-state index in [1.807, 2.05) is 18.2 Å². The van der Waals surface area contributed by atoms with Gasteiger partial charge in [-0.1, -0.05) is 44.2 Å². The van der Waals surface area contributed by atoms with Crippen LogP contribution in [0.4, 0.5) is 0 Å². The van der Waals surface area contributed by atoms with Gasteiger partial charge in [0, 0.05) is 19.6 Å². The molecule has 20 heavy (non-hydrogen) atoms. The Labute approximate surface area is 122 Å². The first-order chi connectivity index (χ1) is 9.76. The molecule has 0 saturated carbocycles. The molecular formula is C17H26N2O. The molecule has 1 aliphatic rings. The van der Waals surface area contributed by atoms with E-state index in [-0.39, 0.29) is 5.92 Å². The smallest absolute Gasteiger partial charge is 0.230 e. The number of hydrogen-bond donors (Lipinski definition) is 0. The lowest BCUT2D eigenvalue weighted by atomic mass is 9.95. The van der Waals surface area contributed by atoms with Crippen molar-refractivity contribution in [1.29, 1.82) is 0 Å². The highest BCUT2D eigenvalue weighted by molar-refractivity contribution is 5.83. The van der Waals surface area contributed by atoms with E-state index in [0.717, 1.165) is 51.1 Å². The summed E-state index contributed by atoms with van der Waals surface area (Å²) < 4.78 is 0. The zero-order valence-electron chi connectivity index (χ0n) is 12.7. The van der Waals surface area contributed by atoms with Gasteiger partial charge in [0.05, 0.1) is 5.92 Å². The molecule has 1 aliphatic heterocycles. The Morgan fingerprint density at radius 3 is 2.50 bits per heavy atom. The Bertz CT molecular complexity index is 418. The fraction of sp³-hybridized carbons (Fsp3) is 0.588. The predicted octanol–water partition coefficient (Wildman–Crippen LogP) is 2.73. The third kappa shape index (κ3) is 3.60. The number of carbonyl (C=O) groups is 1. The largest absolute Gasteiger partial charge is 0.341 e. The van der Waals surface area contributed by atoms with Crippen LogP contribution in [0.15, 0.2) is 30.3 Å². The average molecular weight is 274 g/mol. The fourth-order valence-corrected chi connectivity index (χ4v) is 2.97. The SMILES string of the molecule is CCC(C(=O)N1CCCN(CC)CC1)c1ccccc1. The summed E-state index contributed by atoms with van der Waals surface area (Å²) >= 11 is 0. The minimum atomic E-state index is 0.0179. The van der Waals surface area contributed by atoms with Crippen molar-refractivity contribution in [1.82, 2.24) is 9.80 Å². The monoisotopic (exact) mass is 274 g/mol. The van der Waals surface area contributed by atoms with Crippen molar-refractivity contribution < 1.29 is 4.79 Å². The van der Waals surface area contributed by atoms with Crippen LogP contribution < -0.4 is 0 Å². The lowest BCUT2D eigenvalue weighted by Crippen LogP contribution is -2.38. The number of hydrogen-bond acceptors (Lipinski definition) is 2. The molecule has 3 nitrogen and oxygen atoms in total. The van der Waals surface area contributed by atoms with Crippen LogP contribution in [-0.4, -0.2) is 48.4 Å². The van der Waals surface area contributed by atoms with Gasteiger partial charge in [0.2, 0.25) is 5.91 Å². The topological polar surface area (TPSA) is 23.6 Å². The third-order valence-corrected chi connectivity index (χ3v) is 4.26. The van der Waals surface area contributed by atoms with E-state index in [4.69, 9.17) is 0 Å². The van der Waals surface area contributed by atoms with Crippen molar-refractivity contribution in [2.45, 2.75) is 32.6 Å². The second kappa shape index (κ2) is 7.44. The molecule has 1 heterocycles. The second-order valence-corrected chi connectivity index (χ2v) is 5.48. The van der Waals surface area contributed by atoms with Gasteiger partial charge in [-0.05, 0) is 31.5 Å². The van der Waals surface area contributed by atoms with Gasteiger partial charge >= 0.3 is 0 Å². The van der Waals surface area contributed by atoms with Gasteiger partial charge in [0.15, 0.2) is 0 Å². The predicted molar refractivity (Wildman–Crippen MR) is 82.8 cm³/mol. The Hall–Kier alpha value is -1.35. The zero-order valence-corrected chi connectivity index (χ0v) is 12.7. The molecule has 0 aliphatic carbocycles. The molecule has 1 amide bonds. The molecule has 0 bridgehead atoms. The van der Waals surface area contributed by atoms with Crippen LogP contribution in [0.3, 0.4) is 0 Å². The van der Waals surface area contributed by atoms with Crippen LogP contribution in [0, 0.1) is 0 Å². The van der Waals surface area contributed by atoms with Gasteiger partial charge in [-0.15, -0.1) is 0 Å². The maximum absolute atomic E-state index is 12.8. The van der Waals surface area contributed by atoms with E-state index < -0.39 is 0 Å². The first-order valence-corrected chi connectivity index (χ1v) is 7.82. The second-order valence-electron chi connectivity index (χ2n) is 5.48. The van der Waals surface area contributed by atoms with E-state index >= 15 is 0 Å². The quantitative estimate of drug-likeness (QED) is 0.843. The van der Waals surface area contributed by atoms with Crippen molar-refractivity contribution in [2.24, 2.45) is 0 Å². The maximum Gasteiger partial charge on any atom is 0.230 e. The highest BCUT2D eigenvalue weighted by atomic mass is 16.2. The average Bonchev–Trinajstić information content (AvgIpc) is 2.74. The lowest BCUT2D eigenvalue weighted by molar-refractivity contribution is -0.132. The molecule has 1 unspecified atom stereocenters. The lowest BCUT2D eigenvalue weighted by Gasteiger charge is -2.26. The number of carbonyl (C=O) groups excluding carboxylic acids is 1. The molecule has 0 radical (unpaired) electrons. The minimum Gasteiger partial charge on any atom is -0.341 e. The molecule has 1 aromatic carbocycles.